The molecule has 0 aliphatic heterocycles. The van der Waals surface area contributed by atoms with Gasteiger partial charge in [0.05, 0.1) is 10.7 Å². The normalized spacial score (nSPS) is 13.1. The molecule has 80 valence electrons. The number of nitrogens with two attached hydrogens (primary N) is 1. The Hall–Kier alpha value is -0.100. The van der Waals surface area contributed by atoms with Gasteiger partial charge in [0.15, 0.2) is 0 Å². The van der Waals surface area contributed by atoms with E-state index in [9.17, 15) is 0 Å². The fraction of sp³-hybridized carbons (Fsp3) is 0.667. The van der Waals surface area contributed by atoms with Crippen molar-refractivity contribution in [1.29, 1.82) is 0 Å². The second-order valence-corrected chi connectivity index (χ2v) is 5.47. The molecule has 0 bridgehead atoms. The van der Waals surface area contributed by atoms with Crippen LogP contribution in [0.25, 0.3) is 0 Å². The summed E-state index contributed by atoms with van der Waals surface area (Å²) >= 11 is 3.57. The Balaban J connectivity index is 2.57. The first-order valence-electron chi connectivity index (χ1n) is 4.55. The lowest BCUT2D eigenvalue weighted by atomic mass is 10.2. The SMILES string of the molecule is CSCC(Cc1nc(C)c(C)s1)NN. The number of nitrogens with zero attached hydrogens (tertiary/aromatic N) is 1. The van der Waals surface area contributed by atoms with Gasteiger partial charge in [-0.15, -0.1) is 11.3 Å². The summed E-state index contributed by atoms with van der Waals surface area (Å²) < 4.78 is 0. The zero-order valence-electron chi connectivity index (χ0n) is 8.83. The van der Waals surface area contributed by atoms with Crippen LogP contribution in [-0.2, 0) is 6.42 Å². The Morgan fingerprint density at radius 3 is 2.71 bits per heavy atom. The zero-order chi connectivity index (χ0) is 10.6. The monoisotopic (exact) mass is 231 g/mol. The average Bonchev–Trinajstić information content (AvgIpc) is 2.45. The molecule has 0 aromatic carbocycles. The molecule has 0 spiro atoms. The van der Waals surface area contributed by atoms with Crippen molar-refractivity contribution in [2.75, 3.05) is 12.0 Å². The number of aryl methyl sites for hydroxylation is 2. The maximum Gasteiger partial charge on any atom is 0.0947 e. The zero-order valence-corrected chi connectivity index (χ0v) is 10.5. The highest BCUT2D eigenvalue weighted by molar-refractivity contribution is 7.98. The van der Waals surface area contributed by atoms with E-state index in [4.69, 9.17) is 5.84 Å². The average molecular weight is 231 g/mol. The Morgan fingerprint density at radius 1 is 1.57 bits per heavy atom. The van der Waals surface area contributed by atoms with Gasteiger partial charge in [0.25, 0.3) is 0 Å². The molecule has 3 N–H and O–H groups in total. The van der Waals surface area contributed by atoms with Gasteiger partial charge in [0.2, 0.25) is 0 Å². The highest BCUT2D eigenvalue weighted by Gasteiger charge is 2.10. The second-order valence-electron chi connectivity index (χ2n) is 3.27. The largest absolute Gasteiger partial charge is 0.271 e. The molecule has 1 rings (SSSR count). The molecule has 1 aromatic heterocycles. The number of nitrogens with one attached hydrogen (secondary N) is 1. The summed E-state index contributed by atoms with van der Waals surface area (Å²) in [7, 11) is 0. The molecule has 14 heavy (non-hydrogen) atoms. The van der Waals surface area contributed by atoms with Gasteiger partial charge >= 0.3 is 0 Å². The van der Waals surface area contributed by atoms with Crippen molar-refractivity contribution in [1.82, 2.24) is 10.4 Å². The van der Waals surface area contributed by atoms with Crippen molar-refractivity contribution in [2.24, 2.45) is 5.84 Å². The van der Waals surface area contributed by atoms with Crippen LogP contribution in [0.1, 0.15) is 15.6 Å². The molecule has 1 aromatic rings. The summed E-state index contributed by atoms with van der Waals surface area (Å²) in [6, 6.07) is 0.329. The molecule has 5 heteroatoms. The van der Waals surface area contributed by atoms with Gasteiger partial charge in [0, 0.05) is 23.1 Å². The first kappa shape index (κ1) is 12.0. The fourth-order valence-electron chi connectivity index (χ4n) is 1.20. The van der Waals surface area contributed by atoms with Crippen LogP contribution in [0.15, 0.2) is 0 Å². The summed E-state index contributed by atoms with van der Waals surface area (Å²) in [5.41, 5.74) is 3.97. The molecular weight excluding hydrogens is 214 g/mol. The van der Waals surface area contributed by atoms with Crippen LogP contribution in [0.5, 0.6) is 0 Å². The summed E-state index contributed by atoms with van der Waals surface area (Å²) in [6.07, 6.45) is 3.01. The topological polar surface area (TPSA) is 50.9 Å². The van der Waals surface area contributed by atoms with Gasteiger partial charge in [-0.05, 0) is 20.1 Å². The first-order chi connectivity index (χ1) is 6.67. The van der Waals surface area contributed by atoms with Gasteiger partial charge in [-0.3, -0.25) is 11.3 Å². The number of thiazole rings is 1. The number of rotatable bonds is 5. The lowest BCUT2D eigenvalue weighted by molar-refractivity contribution is 0.574. The van der Waals surface area contributed by atoms with Crippen molar-refractivity contribution in [3.8, 4) is 0 Å². The van der Waals surface area contributed by atoms with E-state index in [0.29, 0.717) is 6.04 Å². The van der Waals surface area contributed by atoms with E-state index in [1.165, 1.54) is 9.88 Å². The van der Waals surface area contributed by atoms with Gasteiger partial charge in [-0.1, -0.05) is 0 Å². The maximum absolute atomic E-state index is 5.47. The fourth-order valence-corrected chi connectivity index (χ4v) is 2.83. The quantitative estimate of drug-likeness (QED) is 0.595. The van der Waals surface area contributed by atoms with Crippen LogP contribution in [0.2, 0.25) is 0 Å². The lowest BCUT2D eigenvalue weighted by Gasteiger charge is -2.11. The highest BCUT2D eigenvalue weighted by atomic mass is 32.2. The standard InChI is InChI=1S/C9H17N3S2/c1-6-7(2)14-9(11-6)4-8(12-10)5-13-3/h8,12H,4-5,10H2,1-3H3. The second kappa shape index (κ2) is 5.70. The van der Waals surface area contributed by atoms with Crippen LogP contribution >= 0.6 is 23.1 Å². The smallest absolute Gasteiger partial charge is 0.0947 e. The molecule has 0 aliphatic rings. The van der Waals surface area contributed by atoms with Crippen LogP contribution in [0.4, 0.5) is 0 Å². The minimum atomic E-state index is 0.329. The van der Waals surface area contributed by atoms with Crippen LogP contribution in [0.3, 0.4) is 0 Å². The predicted octanol–water partition coefficient (Wildman–Crippen LogP) is 1.50. The summed E-state index contributed by atoms with van der Waals surface area (Å²) in [6.45, 7) is 4.16. The van der Waals surface area contributed by atoms with Crippen LogP contribution in [-0.4, -0.2) is 23.0 Å². The number of aromatic nitrogens is 1. The molecule has 1 unspecified atom stereocenters. The number of hydrogen-bond acceptors (Lipinski definition) is 5. The molecule has 0 aliphatic carbocycles. The van der Waals surface area contributed by atoms with E-state index in [1.54, 1.807) is 23.1 Å². The molecule has 0 fully saturated rings. The number of hydrogen-bond donors (Lipinski definition) is 2. The molecule has 0 saturated heterocycles. The molecule has 1 heterocycles. The molecular formula is C9H17N3S2. The van der Waals surface area contributed by atoms with Crippen molar-refractivity contribution in [3.63, 3.8) is 0 Å². The van der Waals surface area contributed by atoms with Crippen molar-refractivity contribution >= 4 is 23.1 Å². The summed E-state index contributed by atoms with van der Waals surface area (Å²) in [4.78, 5) is 5.80. The molecule has 1 atom stereocenters. The maximum atomic E-state index is 5.47. The lowest BCUT2D eigenvalue weighted by Crippen LogP contribution is -2.38. The molecule has 0 saturated carbocycles. The third-order valence-electron chi connectivity index (χ3n) is 2.10. The van der Waals surface area contributed by atoms with E-state index >= 15 is 0 Å². The van der Waals surface area contributed by atoms with Gasteiger partial charge in [0.1, 0.15) is 0 Å². The van der Waals surface area contributed by atoms with Crippen molar-refractivity contribution < 1.29 is 0 Å². The van der Waals surface area contributed by atoms with E-state index in [-0.39, 0.29) is 0 Å². The van der Waals surface area contributed by atoms with Crippen molar-refractivity contribution in [3.05, 3.63) is 15.6 Å². The Kier molecular flexibility index (Phi) is 4.88. The summed E-state index contributed by atoms with van der Waals surface area (Å²) in [5, 5.41) is 1.18. The van der Waals surface area contributed by atoms with E-state index in [1.807, 2.05) is 0 Å². The predicted molar refractivity (Wildman–Crippen MR) is 64.8 cm³/mol. The highest BCUT2D eigenvalue weighted by Crippen LogP contribution is 2.18. The van der Waals surface area contributed by atoms with E-state index in [0.717, 1.165) is 17.9 Å². The minimum Gasteiger partial charge on any atom is -0.271 e. The van der Waals surface area contributed by atoms with E-state index < -0.39 is 0 Å². The number of thioether (sulfide) groups is 1. The van der Waals surface area contributed by atoms with Crippen LogP contribution in [0, 0.1) is 13.8 Å². The molecule has 0 radical (unpaired) electrons. The van der Waals surface area contributed by atoms with Gasteiger partial charge < -0.3 is 0 Å². The Bertz CT molecular complexity index is 266. The third-order valence-corrected chi connectivity index (χ3v) is 3.93. The first-order valence-corrected chi connectivity index (χ1v) is 6.76. The molecule has 3 nitrogen and oxygen atoms in total. The summed E-state index contributed by atoms with van der Waals surface area (Å²) in [5.74, 6) is 6.49. The van der Waals surface area contributed by atoms with Crippen LogP contribution < -0.4 is 11.3 Å². The van der Waals surface area contributed by atoms with Crippen molar-refractivity contribution in [2.45, 2.75) is 26.3 Å². The Labute approximate surface area is 93.5 Å². The van der Waals surface area contributed by atoms with Gasteiger partial charge in [-0.25, -0.2) is 4.98 Å². The third kappa shape index (κ3) is 3.24. The van der Waals surface area contributed by atoms with E-state index in [2.05, 4.69) is 30.5 Å². The molecule has 0 amide bonds. The minimum absolute atomic E-state index is 0.329. The van der Waals surface area contributed by atoms with Gasteiger partial charge in [-0.2, -0.15) is 11.8 Å². The Morgan fingerprint density at radius 2 is 2.29 bits per heavy atom. The number of hydrazine groups is 1.